The average molecular weight is 709 g/mol. The largest absolute Gasteiger partial charge is 0.310 e. The van der Waals surface area contributed by atoms with Crippen LogP contribution in [-0.2, 0) is 5.41 Å². The molecule has 0 atom stereocenters. The zero-order valence-corrected chi connectivity index (χ0v) is 30.9. The van der Waals surface area contributed by atoms with Gasteiger partial charge in [0.1, 0.15) is 0 Å². The Labute approximate surface area is 318 Å². The van der Waals surface area contributed by atoms with E-state index in [0.717, 1.165) is 11.4 Å². The second kappa shape index (κ2) is 11.8. The van der Waals surface area contributed by atoms with Gasteiger partial charge in [0.25, 0.3) is 0 Å². The number of hydrogen-bond donors (Lipinski definition) is 0. The zero-order chi connectivity index (χ0) is 36.0. The molecule has 2 heterocycles. The van der Waals surface area contributed by atoms with Gasteiger partial charge in [-0.2, -0.15) is 0 Å². The normalized spacial score (nSPS) is 13.1. The molecule has 0 amide bonds. The number of rotatable bonds is 5. The Balaban J connectivity index is 0.991. The molecule has 0 spiro atoms. The maximum atomic E-state index is 2.45. The van der Waals surface area contributed by atoms with Crippen LogP contribution in [0.2, 0.25) is 0 Å². The monoisotopic (exact) mass is 708 g/mol. The van der Waals surface area contributed by atoms with E-state index in [4.69, 9.17) is 0 Å². The lowest BCUT2D eigenvalue weighted by atomic mass is 9.82. The highest BCUT2D eigenvalue weighted by Crippen LogP contribution is 2.51. The highest BCUT2D eigenvalue weighted by Gasteiger charge is 2.35. The number of anilines is 3. The first-order valence-corrected chi connectivity index (χ1v) is 19.5. The SMILES string of the molecule is CC1(C)c2ccccc2-c2ccc(N(c3ccccc3)c3ccc(-c4ccc5c(c4)sc4c(-n6c7ccccc7c7ccccc76)cccc45)cc3)cc21. The van der Waals surface area contributed by atoms with E-state index in [2.05, 4.69) is 205 Å². The number of thiophene rings is 1. The molecule has 0 aliphatic heterocycles. The van der Waals surface area contributed by atoms with E-state index in [1.54, 1.807) is 0 Å². The van der Waals surface area contributed by atoms with Gasteiger partial charge in [0, 0.05) is 48.7 Å². The third-order valence-electron chi connectivity index (χ3n) is 11.6. The van der Waals surface area contributed by atoms with Gasteiger partial charge in [0.2, 0.25) is 0 Å². The highest BCUT2D eigenvalue weighted by molar-refractivity contribution is 7.26. The molecular formula is C51H36N2S. The number of fused-ring (bicyclic) bond motifs is 9. The summed E-state index contributed by atoms with van der Waals surface area (Å²) in [5, 5.41) is 5.17. The Hall–Kier alpha value is -6.42. The summed E-state index contributed by atoms with van der Waals surface area (Å²) in [6, 6.07) is 66.9. The van der Waals surface area contributed by atoms with Crippen LogP contribution in [0.4, 0.5) is 17.1 Å². The molecule has 1 aliphatic rings. The molecular weight excluding hydrogens is 673 g/mol. The summed E-state index contributed by atoms with van der Waals surface area (Å²) < 4.78 is 5.06. The standard InChI is InChI=1S/C51H36N2S/c1-51(2)44-19-9-6-15-38(44)39-30-28-37(32-45(39)51)52(35-13-4-3-5-14-35)36-26-23-33(24-27-36)34-25-29-42-43-18-12-22-48(50(43)54-49(42)31-34)53-46-20-10-7-16-40(46)41-17-8-11-21-47(41)53/h3-32H,1-2H3. The van der Waals surface area contributed by atoms with Gasteiger partial charge in [-0.3, -0.25) is 0 Å². The van der Waals surface area contributed by atoms with Gasteiger partial charge in [-0.1, -0.05) is 135 Å². The fourth-order valence-electron chi connectivity index (χ4n) is 8.98. The van der Waals surface area contributed by atoms with Crippen molar-refractivity contribution < 1.29 is 0 Å². The first kappa shape index (κ1) is 31.1. The van der Waals surface area contributed by atoms with Crippen LogP contribution < -0.4 is 4.90 Å². The third kappa shape index (κ3) is 4.58. The first-order valence-electron chi connectivity index (χ1n) is 18.7. The van der Waals surface area contributed by atoms with E-state index in [-0.39, 0.29) is 5.41 Å². The van der Waals surface area contributed by atoms with Crippen LogP contribution in [0.5, 0.6) is 0 Å². The molecule has 54 heavy (non-hydrogen) atoms. The Morgan fingerprint density at radius 1 is 0.444 bits per heavy atom. The molecule has 1 aliphatic carbocycles. The van der Waals surface area contributed by atoms with Gasteiger partial charge in [0.05, 0.1) is 21.4 Å². The minimum absolute atomic E-state index is 0.0659. The molecule has 256 valence electrons. The second-order valence-corrected chi connectivity index (χ2v) is 16.0. The molecule has 2 nitrogen and oxygen atoms in total. The van der Waals surface area contributed by atoms with E-state index in [0.29, 0.717) is 0 Å². The molecule has 0 fully saturated rings. The summed E-state index contributed by atoms with van der Waals surface area (Å²) in [4.78, 5) is 2.38. The fourth-order valence-corrected chi connectivity index (χ4v) is 10.2. The van der Waals surface area contributed by atoms with Gasteiger partial charge in [-0.25, -0.2) is 0 Å². The van der Waals surface area contributed by atoms with Crippen LogP contribution in [0.15, 0.2) is 182 Å². The Morgan fingerprint density at radius 3 is 1.83 bits per heavy atom. The van der Waals surface area contributed by atoms with Crippen molar-refractivity contribution in [1.82, 2.24) is 4.57 Å². The van der Waals surface area contributed by atoms with Crippen molar-refractivity contribution in [2.45, 2.75) is 19.3 Å². The average Bonchev–Trinajstić information content (AvgIpc) is 3.84. The molecule has 0 saturated heterocycles. The third-order valence-corrected chi connectivity index (χ3v) is 12.8. The summed E-state index contributed by atoms with van der Waals surface area (Å²) in [6.07, 6.45) is 0. The molecule has 3 heteroatoms. The smallest absolute Gasteiger partial charge is 0.0640 e. The van der Waals surface area contributed by atoms with Crippen molar-refractivity contribution in [2.75, 3.05) is 4.90 Å². The van der Waals surface area contributed by atoms with E-state index < -0.39 is 0 Å². The van der Waals surface area contributed by atoms with Gasteiger partial charge in [-0.05, 0) is 94.0 Å². The van der Waals surface area contributed by atoms with Crippen molar-refractivity contribution >= 4 is 70.4 Å². The predicted octanol–water partition coefficient (Wildman–Crippen LogP) is 14.6. The summed E-state index contributed by atoms with van der Waals surface area (Å²) in [7, 11) is 0. The summed E-state index contributed by atoms with van der Waals surface area (Å²) in [5.74, 6) is 0. The Bertz CT molecular complexity index is 3020. The van der Waals surface area contributed by atoms with Gasteiger partial charge < -0.3 is 9.47 Å². The number of benzene rings is 8. The molecule has 0 unspecified atom stereocenters. The molecule has 0 N–H and O–H groups in total. The minimum atomic E-state index is -0.0659. The second-order valence-electron chi connectivity index (χ2n) is 15.0. The van der Waals surface area contributed by atoms with E-state index >= 15 is 0 Å². The topological polar surface area (TPSA) is 8.17 Å². The van der Waals surface area contributed by atoms with Crippen molar-refractivity contribution in [1.29, 1.82) is 0 Å². The fraction of sp³-hybridized carbons (Fsp3) is 0.0588. The van der Waals surface area contributed by atoms with Crippen molar-refractivity contribution in [3.63, 3.8) is 0 Å². The maximum Gasteiger partial charge on any atom is 0.0640 e. The lowest BCUT2D eigenvalue weighted by Gasteiger charge is -2.28. The van der Waals surface area contributed by atoms with Crippen LogP contribution in [0.1, 0.15) is 25.0 Å². The predicted molar refractivity (Wildman–Crippen MR) is 231 cm³/mol. The zero-order valence-electron chi connectivity index (χ0n) is 30.1. The highest BCUT2D eigenvalue weighted by atomic mass is 32.1. The minimum Gasteiger partial charge on any atom is -0.310 e. The number of aromatic nitrogens is 1. The Kier molecular flexibility index (Phi) is 6.80. The van der Waals surface area contributed by atoms with E-state index in [1.165, 1.54) is 86.7 Å². The van der Waals surface area contributed by atoms with Crippen LogP contribution in [0.25, 0.3) is 69.9 Å². The summed E-state index contributed by atoms with van der Waals surface area (Å²) in [5.41, 5.74) is 15.0. The molecule has 0 bridgehead atoms. The van der Waals surface area contributed by atoms with Gasteiger partial charge in [0.15, 0.2) is 0 Å². The van der Waals surface area contributed by atoms with Crippen molar-refractivity contribution in [3.8, 4) is 27.9 Å². The van der Waals surface area contributed by atoms with Gasteiger partial charge >= 0.3 is 0 Å². The van der Waals surface area contributed by atoms with E-state index in [1.807, 2.05) is 11.3 Å². The van der Waals surface area contributed by atoms with E-state index in [9.17, 15) is 0 Å². The number of nitrogens with zero attached hydrogens (tertiary/aromatic N) is 2. The molecule has 8 aromatic carbocycles. The molecule has 0 radical (unpaired) electrons. The lowest BCUT2D eigenvalue weighted by molar-refractivity contribution is 0.660. The van der Waals surface area contributed by atoms with Crippen molar-refractivity contribution in [3.05, 3.63) is 193 Å². The molecule has 2 aromatic heterocycles. The van der Waals surface area contributed by atoms with Crippen LogP contribution in [-0.4, -0.2) is 4.57 Å². The lowest BCUT2D eigenvalue weighted by Crippen LogP contribution is -2.16. The summed E-state index contributed by atoms with van der Waals surface area (Å²) in [6.45, 7) is 4.70. The van der Waals surface area contributed by atoms with Crippen LogP contribution in [0, 0.1) is 0 Å². The molecule has 0 saturated carbocycles. The van der Waals surface area contributed by atoms with Crippen LogP contribution in [0.3, 0.4) is 0 Å². The van der Waals surface area contributed by atoms with Crippen LogP contribution >= 0.6 is 11.3 Å². The maximum absolute atomic E-state index is 2.45. The van der Waals surface area contributed by atoms with Gasteiger partial charge in [-0.15, -0.1) is 11.3 Å². The summed E-state index contributed by atoms with van der Waals surface area (Å²) >= 11 is 1.89. The molecule has 10 aromatic rings. The number of para-hydroxylation sites is 3. The number of hydrogen-bond acceptors (Lipinski definition) is 2. The quantitative estimate of drug-likeness (QED) is 0.173. The van der Waals surface area contributed by atoms with Crippen molar-refractivity contribution in [2.24, 2.45) is 0 Å². The first-order chi connectivity index (χ1) is 26.5. The molecule has 11 rings (SSSR count). The Morgan fingerprint density at radius 2 is 1.06 bits per heavy atom.